The van der Waals surface area contributed by atoms with Gasteiger partial charge in [-0.3, -0.25) is 9.59 Å². The molecule has 2 atom stereocenters. The molecule has 5 heteroatoms. The molecule has 2 heterocycles. The number of hydrogen-bond donors (Lipinski definition) is 0. The topological polar surface area (TPSA) is 46.6 Å². The van der Waals surface area contributed by atoms with Gasteiger partial charge in [0.25, 0.3) is 0 Å². The molecule has 0 aromatic carbocycles. The number of rotatable bonds is 3. The van der Waals surface area contributed by atoms with E-state index in [1.165, 1.54) is 0 Å². The van der Waals surface area contributed by atoms with Crippen molar-refractivity contribution in [3.63, 3.8) is 0 Å². The molecule has 0 aliphatic carbocycles. The predicted octanol–water partition coefficient (Wildman–Crippen LogP) is 2.15. The standard InChI is InChI=1S/C13H19NO3S/c1-8-6-14-10(16)5-11(14)18-12(8)17-7-9(15)13(2,3)4/h6,11-12H,5,7H2,1-4H3/t11-,12?/m1/s1. The summed E-state index contributed by atoms with van der Waals surface area (Å²) in [5.74, 6) is 0.263. The highest BCUT2D eigenvalue weighted by atomic mass is 32.2. The van der Waals surface area contributed by atoms with Crippen LogP contribution < -0.4 is 0 Å². The van der Waals surface area contributed by atoms with Gasteiger partial charge in [-0.1, -0.05) is 20.8 Å². The molecule has 0 aromatic rings. The molecule has 100 valence electrons. The minimum atomic E-state index is -0.366. The van der Waals surface area contributed by atoms with Gasteiger partial charge in [-0.25, -0.2) is 0 Å². The Bertz CT molecular complexity index is 411. The molecule has 0 bridgehead atoms. The van der Waals surface area contributed by atoms with Crippen molar-refractivity contribution in [1.82, 2.24) is 4.90 Å². The van der Waals surface area contributed by atoms with Gasteiger partial charge in [0.1, 0.15) is 12.0 Å². The van der Waals surface area contributed by atoms with Crippen LogP contribution in [0, 0.1) is 5.41 Å². The Labute approximate surface area is 112 Å². The molecule has 2 aliphatic heterocycles. The first kappa shape index (κ1) is 13.6. The van der Waals surface area contributed by atoms with Crippen molar-refractivity contribution in [3.8, 4) is 0 Å². The molecule has 2 rings (SSSR count). The summed E-state index contributed by atoms with van der Waals surface area (Å²) in [5, 5.41) is 0.191. The van der Waals surface area contributed by atoms with Crippen LogP contribution >= 0.6 is 11.8 Å². The molecule has 4 nitrogen and oxygen atoms in total. The number of carbonyl (C=O) groups is 2. The Morgan fingerprint density at radius 3 is 2.78 bits per heavy atom. The van der Waals surface area contributed by atoms with E-state index in [0.717, 1.165) is 5.57 Å². The van der Waals surface area contributed by atoms with Crippen molar-refractivity contribution in [2.24, 2.45) is 5.41 Å². The fourth-order valence-electron chi connectivity index (χ4n) is 1.74. The summed E-state index contributed by atoms with van der Waals surface area (Å²) < 4.78 is 5.68. The van der Waals surface area contributed by atoms with E-state index in [1.807, 2.05) is 33.9 Å². The maximum atomic E-state index is 11.8. The number of thioether (sulfide) groups is 1. The Kier molecular flexibility index (Phi) is 3.56. The van der Waals surface area contributed by atoms with E-state index in [-0.39, 0.29) is 34.5 Å². The number of ether oxygens (including phenoxy) is 1. The minimum absolute atomic E-state index is 0.100. The average Bonchev–Trinajstić information content (AvgIpc) is 2.27. The van der Waals surface area contributed by atoms with Crippen molar-refractivity contribution >= 4 is 23.5 Å². The highest BCUT2D eigenvalue weighted by molar-refractivity contribution is 8.00. The Morgan fingerprint density at radius 2 is 2.22 bits per heavy atom. The number of ketones is 1. The fourth-order valence-corrected chi connectivity index (χ4v) is 2.99. The highest BCUT2D eigenvalue weighted by Crippen LogP contribution is 2.40. The number of Topliss-reactive ketones (excluding diaryl/α,β-unsaturated/α-hetero) is 1. The molecule has 0 radical (unpaired) electrons. The molecule has 1 saturated heterocycles. The second-order valence-corrected chi connectivity index (χ2v) is 7.03. The summed E-state index contributed by atoms with van der Waals surface area (Å²) in [6.45, 7) is 7.74. The van der Waals surface area contributed by atoms with E-state index in [4.69, 9.17) is 4.74 Å². The summed E-state index contributed by atoms with van der Waals surface area (Å²) in [5.41, 5.74) is 0.520. The van der Waals surface area contributed by atoms with Gasteiger partial charge in [-0.15, -0.1) is 11.8 Å². The van der Waals surface area contributed by atoms with Gasteiger partial charge in [0, 0.05) is 11.6 Å². The Morgan fingerprint density at radius 1 is 1.56 bits per heavy atom. The molecule has 1 amide bonds. The van der Waals surface area contributed by atoms with E-state index >= 15 is 0 Å². The first-order valence-corrected chi connectivity index (χ1v) is 7.03. The van der Waals surface area contributed by atoms with Gasteiger partial charge < -0.3 is 9.64 Å². The maximum absolute atomic E-state index is 11.8. The number of hydrogen-bond acceptors (Lipinski definition) is 4. The van der Waals surface area contributed by atoms with Crippen LogP contribution in [-0.2, 0) is 14.3 Å². The first-order chi connectivity index (χ1) is 8.29. The fraction of sp³-hybridized carbons (Fsp3) is 0.692. The second kappa shape index (κ2) is 4.70. The lowest BCUT2D eigenvalue weighted by atomic mass is 9.91. The SMILES string of the molecule is CC1=CN2C(=O)C[C@H]2SC1OCC(=O)C(C)(C)C. The number of nitrogens with zero attached hydrogens (tertiary/aromatic N) is 1. The van der Waals surface area contributed by atoms with Crippen molar-refractivity contribution in [1.29, 1.82) is 0 Å². The van der Waals surface area contributed by atoms with E-state index < -0.39 is 0 Å². The molecular formula is C13H19NO3S. The van der Waals surface area contributed by atoms with E-state index in [1.54, 1.807) is 16.7 Å². The lowest BCUT2D eigenvalue weighted by Gasteiger charge is -2.43. The van der Waals surface area contributed by atoms with Gasteiger partial charge >= 0.3 is 0 Å². The maximum Gasteiger partial charge on any atom is 0.230 e. The zero-order valence-electron chi connectivity index (χ0n) is 11.2. The van der Waals surface area contributed by atoms with Crippen molar-refractivity contribution < 1.29 is 14.3 Å². The molecule has 18 heavy (non-hydrogen) atoms. The zero-order valence-corrected chi connectivity index (χ0v) is 12.0. The summed E-state index contributed by atoms with van der Waals surface area (Å²) in [7, 11) is 0. The molecule has 1 unspecified atom stereocenters. The predicted molar refractivity (Wildman–Crippen MR) is 70.8 cm³/mol. The third kappa shape index (κ3) is 2.62. The average molecular weight is 269 g/mol. The Hall–Kier alpha value is -0.810. The number of fused-ring (bicyclic) bond motifs is 1. The summed E-state index contributed by atoms with van der Waals surface area (Å²) in [6, 6.07) is 0. The van der Waals surface area contributed by atoms with Gasteiger partial charge in [-0.05, 0) is 12.5 Å². The van der Waals surface area contributed by atoms with E-state index in [2.05, 4.69) is 0 Å². The van der Waals surface area contributed by atoms with Gasteiger partial charge in [-0.2, -0.15) is 0 Å². The number of carbonyl (C=O) groups excluding carboxylic acids is 2. The molecule has 1 fully saturated rings. The highest BCUT2D eigenvalue weighted by Gasteiger charge is 2.41. The zero-order chi connectivity index (χ0) is 13.5. The smallest absolute Gasteiger partial charge is 0.230 e. The lowest BCUT2D eigenvalue weighted by Crippen LogP contribution is -2.50. The summed E-state index contributed by atoms with van der Waals surface area (Å²) >= 11 is 1.61. The molecule has 0 N–H and O–H groups in total. The quantitative estimate of drug-likeness (QED) is 0.737. The van der Waals surface area contributed by atoms with Crippen LogP contribution in [0.15, 0.2) is 11.8 Å². The first-order valence-electron chi connectivity index (χ1n) is 6.09. The number of amides is 1. The van der Waals surface area contributed by atoms with Crippen LogP contribution in [0.3, 0.4) is 0 Å². The minimum Gasteiger partial charge on any atom is -0.355 e. The van der Waals surface area contributed by atoms with Crippen LogP contribution in [0.4, 0.5) is 0 Å². The van der Waals surface area contributed by atoms with E-state index in [0.29, 0.717) is 6.42 Å². The molecule has 0 saturated carbocycles. The van der Waals surface area contributed by atoms with Crippen molar-refractivity contribution in [2.45, 2.75) is 44.9 Å². The largest absolute Gasteiger partial charge is 0.355 e. The van der Waals surface area contributed by atoms with E-state index in [9.17, 15) is 9.59 Å². The lowest BCUT2D eigenvalue weighted by molar-refractivity contribution is -0.138. The van der Waals surface area contributed by atoms with Crippen LogP contribution in [0.2, 0.25) is 0 Å². The summed E-state index contributed by atoms with van der Waals surface area (Å²) in [6.07, 6.45) is 2.42. The second-order valence-electron chi connectivity index (χ2n) is 5.79. The van der Waals surface area contributed by atoms with Gasteiger partial charge in [0.2, 0.25) is 5.91 Å². The molecule has 2 aliphatic rings. The molecular weight excluding hydrogens is 250 g/mol. The third-order valence-corrected chi connectivity index (χ3v) is 4.61. The van der Waals surface area contributed by atoms with Crippen LogP contribution in [0.5, 0.6) is 0 Å². The van der Waals surface area contributed by atoms with Gasteiger partial charge in [0.05, 0.1) is 11.8 Å². The molecule has 0 spiro atoms. The Balaban J connectivity index is 1.91. The normalized spacial score (nSPS) is 27.4. The van der Waals surface area contributed by atoms with Crippen molar-refractivity contribution in [3.05, 3.63) is 11.8 Å². The molecule has 0 aromatic heterocycles. The number of β-lactam (4-membered cyclic amide) rings is 1. The van der Waals surface area contributed by atoms with Crippen LogP contribution in [0.1, 0.15) is 34.1 Å². The van der Waals surface area contributed by atoms with Crippen LogP contribution in [-0.4, -0.2) is 34.0 Å². The van der Waals surface area contributed by atoms with Crippen molar-refractivity contribution in [2.75, 3.05) is 6.61 Å². The van der Waals surface area contributed by atoms with Gasteiger partial charge in [0.15, 0.2) is 5.78 Å². The third-order valence-electron chi connectivity index (χ3n) is 3.14. The van der Waals surface area contributed by atoms with Crippen LogP contribution in [0.25, 0.3) is 0 Å². The summed E-state index contributed by atoms with van der Waals surface area (Å²) in [4.78, 5) is 24.8. The monoisotopic (exact) mass is 269 g/mol.